The molecule has 1 unspecified atom stereocenters. The Morgan fingerprint density at radius 2 is 2.07 bits per heavy atom. The number of aliphatic carboxylic acids is 1. The lowest BCUT2D eigenvalue weighted by Gasteiger charge is -2.18. The fraction of sp³-hybridized carbons (Fsp3) is 0.889. The molecule has 0 heterocycles. The molecule has 0 aliphatic heterocycles. The van der Waals surface area contributed by atoms with E-state index in [4.69, 9.17) is 15.9 Å². The molecule has 0 aromatic rings. The minimum Gasteiger partial charge on any atom is -0.480 e. The standard InChI is InChI=1S/C9H19NO3S/c1-9(10,8(12)13)4-2-3-6-14-7-5-11/h11H,2-7,10H2,1H3,(H,12,13). The molecule has 0 saturated heterocycles. The molecule has 84 valence electrons. The van der Waals surface area contributed by atoms with Crippen molar-refractivity contribution in [1.82, 2.24) is 0 Å². The van der Waals surface area contributed by atoms with Crippen LogP contribution in [-0.4, -0.2) is 39.8 Å². The van der Waals surface area contributed by atoms with Crippen LogP contribution in [0, 0.1) is 0 Å². The summed E-state index contributed by atoms with van der Waals surface area (Å²) in [5.74, 6) is 0.759. The van der Waals surface area contributed by atoms with Gasteiger partial charge in [-0.25, -0.2) is 0 Å². The lowest BCUT2D eigenvalue weighted by atomic mass is 9.97. The van der Waals surface area contributed by atoms with Crippen molar-refractivity contribution in [3.05, 3.63) is 0 Å². The average Bonchev–Trinajstić information content (AvgIpc) is 2.10. The lowest BCUT2D eigenvalue weighted by Crippen LogP contribution is -2.44. The number of carboxylic acids is 1. The van der Waals surface area contributed by atoms with Crippen LogP contribution in [0.5, 0.6) is 0 Å². The SMILES string of the molecule is CC(N)(CCCCSCCO)C(=O)O. The predicted molar refractivity (Wildman–Crippen MR) is 58.5 cm³/mol. The molecule has 0 saturated carbocycles. The first-order chi connectivity index (χ1) is 6.50. The second-order valence-electron chi connectivity index (χ2n) is 3.52. The highest BCUT2D eigenvalue weighted by Crippen LogP contribution is 2.13. The monoisotopic (exact) mass is 221 g/mol. The highest BCUT2D eigenvalue weighted by molar-refractivity contribution is 7.99. The number of carboxylic acid groups (broad SMARTS) is 1. The van der Waals surface area contributed by atoms with Gasteiger partial charge in [-0.3, -0.25) is 4.79 Å². The van der Waals surface area contributed by atoms with Gasteiger partial charge in [-0.2, -0.15) is 11.8 Å². The van der Waals surface area contributed by atoms with Crippen LogP contribution in [-0.2, 0) is 4.79 Å². The minimum absolute atomic E-state index is 0.203. The van der Waals surface area contributed by atoms with Crippen LogP contribution in [0.1, 0.15) is 26.2 Å². The molecule has 14 heavy (non-hydrogen) atoms. The van der Waals surface area contributed by atoms with Crippen LogP contribution >= 0.6 is 11.8 Å². The Morgan fingerprint density at radius 3 is 2.57 bits per heavy atom. The number of unbranched alkanes of at least 4 members (excludes halogenated alkanes) is 1. The Hall–Kier alpha value is -0.260. The summed E-state index contributed by atoms with van der Waals surface area (Å²) in [6.07, 6.45) is 2.27. The molecule has 0 aromatic carbocycles. The van der Waals surface area contributed by atoms with Gasteiger partial charge in [-0.15, -0.1) is 0 Å². The Morgan fingerprint density at radius 1 is 1.43 bits per heavy atom. The second kappa shape index (κ2) is 7.09. The molecule has 1 atom stereocenters. The van der Waals surface area contributed by atoms with Crippen LogP contribution in [0.25, 0.3) is 0 Å². The summed E-state index contributed by atoms with van der Waals surface area (Å²) in [6, 6.07) is 0. The second-order valence-corrected chi connectivity index (χ2v) is 4.74. The maximum atomic E-state index is 10.6. The number of rotatable bonds is 8. The number of aliphatic hydroxyl groups excluding tert-OH is 1. The van der Waals surface area contributed by atoms with Crippen LogP contribution < -0.4 is 5.73 Å². The molecule has 0 radical (unpaired) electrons. The first-order valence-corrected chi connectivity index (χ1v) is 5.87. The average molecular weight is 221 g/mol. The third-order valence-corrected chi connectivity index (χ3v) is 3.01. The third-order valence-electron chi connectivity index (χ3n) is 1.96. The van der Waals surface area contributed by atoms with E-state index in [2.05, 4.69) is 0 Å². The zero-order valence-electron chi connectivity index (χ0n) is 8.53. The van der Waals surface area contributed by atoms with E-state index in [1.54, 1.807) is 11.8 Å². The summed E-state index contributed by atoms with van der Waals surface area (Å²) >= 11 is 1.67. The van der Waals surface area contributed by atoms with Crippen LogP contribution in [0.15, 0.2) is 0 Å². The number of hydrogen-bond donors (Lipinski definition) is 3. The molecule has 4 nitrogen and oxygen atoms in total. The molecule has 0 aliphatic rings. The van der Waals surface area contributed by atoms with Crippen molar-refractivity contribution in [3.8, 4) is 0 Å². The number of thioether (sulfide) groups is 1. The first-order valence-electron chi connectivity index (χ1n) is 4.71. The quantitative estimate of drug-likeness (QED) is 0.525. The summed E-state index contributed by atoms with van der Waals surface area (Å²) < 4.78 is 0. The van der Waals surface area contributed by atoms with Gasteiger partial charge in [0.25, 0.3) is 0 Å². The molecular formula is C9H19NO3S. The van der Waals surface area contributed by atoms with Crippen molar-refractivity contribution in [3.63, 3.8) is 0 Å². The van der Waals surface area contributed by atoms with Gasteiger partial charge in [0.05, 0.1) is 6.61 Å². The minimum atomic E-state index is -1.10. The van der Waals surface area contributed by atoms with E-state index in [1.165, 1.54) is 6.92 Å². The van der Waals surface area contributed by atoms with E-state index in [-0.39, 0.29) is 6.61 Å². The lowest BCUT2D eigenvalue weighted by molar-refractivity contribution is -0.142. The van der Waals surface area contributed by atoms with E-state index in [9.17, 15) is 4.79 Å². The van der Waals surface area contributed by atoms with Gasteiger partial charge in [0, 0.05) is 5.75 Å². The maximum Gasteiger partial charge on any atom is 0.323 e. The van der Waals surface area contributed by atoms with E-state index in [0.717, 1.165) is 24.3 Å². The topological polar surface area (TPSA) is 83.5 Å². The van der Waals surface area contributed by atoms with E-state index >= 15 is 0 Å². The van der Waals surface area contributed by atoms with Crippen molar-refractivity contribution in [2.75, 3.05) is 18.1 Å². The summed E-state index contributed by atoms with van der Waals surface area (Å²) in [5, 5.41) is 17.2. The van der Waals surface area contributed by atoms with Crippen molar-refractivity contribution in [1.29, 1.82) is 0 Å². The molecule has 0 fully saturated rings. The van der Waals surface area contributed by atoms with E-state index in [0.29, 0.717) is 6.42 Å². The van der Waals surface area contributed by atoms with Gasteiger partial charge in [0.15, 0.2) is 0 Å². The molecule has 0 rings (SSSR count). The summed E-state index contributed by atoms with van der Waals surface area (Å²) in [7, 11) is 0. The molecule has 0 amide bonds. The smallest absolute Gasteiger partial charge is 0.323 e. The van der Waals surface area contributed by atoms with Crippen molar-refractivity contribution in [2.24, 2.45) is 5.73 Å². The van der Waals surface area contributed by atoms with Crippen LogP contribution in [0.3, 0.4) is 0 Å². The van der Waals surface area contributed by atoms with Gasteiger partial charge in [0.1, 0.15) is 5.54 Å². The molecular weight excluding hydrogens is 202 g/mol. The van der Waals surface area contributed by atoms with Gasteiger partial charge >= 0.3 is 5.97 Å². The summed E-state index contributed by atoms with van der Waals surface area (Å²) in [5.41, 5.74) is 4.46. The molecule has 0 bridgehead atoms. The fourth-order valence-corrected chi connectivity index (χ4v) is 1.71. The Labute approximate surface area is 88.9 Å². The first kappa shape index (κ1) is 13.7. The third kappa shape index (κ3) is 6.23. The molecule has 0 aromatic heterocycles. The Bertz CT molecular complexity index is 173. The number of aliphatic hydroxyl groups is 1. The zero-order valence-corrected chi connectivity index (χ0v) is 9.35. The highest BCUT2D eigenvalue weighted by Gasteiger charge is 2.26. The van der Waals surface area contributed by atoms with E-state index < -0.39 is 11.5 Å². The molecule has 0 spiro atoms. The van der Waals surface area contributed by atoms with Crippen molar-refractivity contribution in [2.45, 2.75) is 31.7 Å². The van der Waals surface area contributed by atoms with Crippen LogP contribution in [0.2, 0.25) is 0 Å². The Kier molecular flexibility index (Phi) is 6.96. The molecule has 5 heteroatoms. The van der Waals surface area contributed by atoms with Gasteiger partial charge in [-0.1, -0.05) is 6.42 Å². The molecule has 0 aliphatic carbocycles. The molecule has 4 N–H and O–H groups in total. The summed E-state index contributed by atoms with van der Waals surface area (Å²) in [4.78, 5) is 10.6. The number of hydrogen-bond acceptors (Lipinski definition) is 4. The van der Waals surface area contributed by atoms with Crippen molar-refractivity contribution < 1.29 is 15.0 Å². The van der Waals surface area contributed by atoms with Crippen molar-refractivity contribution >= 4 is 17.7 Å². The maximum absolute atomic E-state index is 10.6. The fourth-order valence-electron chi connectivity index (χ4n) is 0.970. The largest absolute Gasteiger partial charge is 0.480 e. The Balaban J connectivity index is 3.40. The van der Waals surface area contributed by atoms with Crippen LogP contribution in [0.4, 0.5) is 0 Å². The van der Waals surface area contributed by atoms with Gasteiger partial charge in [0.2, 0.25) is 0 Å². The highest BCUT2D eigenvalue weighted by atomic mass is 32.2. The predicted octanol–water partition coefficient (Wildman–Crippen LogP) is 0.684. The van der Waals surface area contributed by atoms with E-state index in [1.807, 2.05) is 0 Å². The van der Waals surface area contributed by atoms with Gasteiger partial charge < -0.3 is 15.9 Å². The number of carbonyl (C=O) groups is 1. The normalized spacial score (nSPS) is 15.1. The number of nitrogens with two attached hydrogens (primary N) is 1. The summed E-state index contributed by atoms with van der Waals surface area (Å²) in [6.45, 7) is 1.74. The zero-order chi connectivity index (χ0) is 11.0. The van der Waals surface area contributed by atoms with Gasteiger partial charge in [-0.05, 0) is 25.5 Å².